The molecule has 0 radical (unpaired) electrons. The van der Waals surface area contributed by atoms with E-state index in [4.69, 9.17) is 10.5 Å². The maximum atomic E-state index is 12.8. The van der Waals surface area contributed by atoms with Gasteiger partial charge in [0.15, 0.2) is 0 Å². The van der Waals surface area contributed by atoms with Gasteiger partial charge in [-0.25, -0.2) is 4.98 Å². The van der Waals surface area contributed by atoms with E-state index in [0.717, 1.165) is 15.8 Å². The Bertz CT molecular complexity index is 698. The molecular formula is C15H19N3O2S. The molecule has 112 valence electrons. The standard InChI is InChI=1S/C15H19N3O2S/c1-8-4-5-17-14-11(8)12(16)13(21-14)15(19)18-6-10(3)20-7-9(18)2/h4-5,9-10H,6-7,16H2,1-3H3. The van der Waals surface area contributed by atoms with Gasteiger partial charge in [0.25, 0.3) is 5.91 Å². The Balaban J connectivity index is 2.02. The number of hydrogen-bond donors (Lipinski definition) is 1. The molecular weight excluding hydrogens is 286 g/mol. The number of nitrogens with two attached hydrogens (primary N) is 1. The fourth-order valence-electron chi connectivity index (χ4n) is 2.68. The number of nitrogen functional groups attached to an aromatic ring is 1. The topological polar surface area (TPSA) is 68.5 Å². The van der Waals surface area contributed by atoms with Crippen molar-refractivity contribution < 1.29 is 9.53 Å². The van der Waals surface area contributed by atoms with Crippen molar-refractivity contribution in [2.75, 3.05) is 18.9 Å². The number of nitrogens with zero attached hydrogens (tertiary/aromatic N) is 2. The van der Waals surface area contributed by atoms with Crippen molar-refractivity contribution in [2.24, 2.45) is 0 Å². The summed E-state index contributed by atoms with van der Waals surface area (Å²) in [4.78, 5) is 20.4. The molecule has 1 amide bonds. The lowest BCUT2D eigenvalue weighted by atomic mass is 10.1. The average molecular weight is 305 g/mol. The van der Waals surface area contributed by atoms with Gasteiger partial charge in [0.1, 0.15) is 9.71 Å². The number of carbonyl (C=O) groups is 1. The van der Waals surface area contributed by atoms with Crippen molar-refractivity contribution in [3.63, 3.8) is 0 Å². The normalized spacial score (nSPS) is 22.7. The molecule has 2 atom stereocenters. The highest BCUT2D eigenvalue weighted by Gasteiger charge is 2.31. The summed E-state index contributed by atoms with van der Waals surface area (Å²) in [7, 11) is 0. The van der Waals surface area contributed by atoms with Crippen LogP contribution in [0.2, 0.25) is 0 Å². The Morgan fingerprint density at radius 2 is 2.29 bits per heavy atom. The highest BCUT2D eigenvalue weighted by Crippen LogP contribution is 2.35. The number of rotatable bonds is 1. The van der Waals surface area contributed by atoms with Gasteiger partial charge < -0.3 is 15.4 Å². The highest BCUT2D eigenvalue weighted by atomic mass is 32.1. The third-order valence-electron chi connectivity index (χ3n) is 3.90. The number of amides is 1. The fourth-order valence-corrected chi connectivity index (χ4v) is 3.78. The van der Waals surface area contributed by atoms with Crippen molar-refractivity contribution in [2.45, 2.75) is 32.9 Å². The molecule has 0 saturated carbocycles. The molecule has 0 spiro atoms. The summed E-state index contributed by atoms with van der Waals surface area (Å²) in [5.41, 5.74) is 7.82. The van der Waals surface area contributed by atoms with E-state index in [1.165, 1.54) is 11.3 Å². The van der Waals surface area contributed by atoms with Gasteiger partial charge in [0, 0.05) is 18.1 Å². The number of pyridine rings is 1. The van der Waals surface area contributed by atoms with Crippen molar-refractivity contribution >= 4 is 33.1 Å². The van der Waals surface area contributed by atoms with E-state index < -0.39 is 0 Å². The SMILES string of the molecule is Cc1ccnc2sc(C(=O)N3CC(C)OCC3C)c(N)c12. The number of hydrogen-bond acceptors (Lipinski definition) is 5. The van der Waals surface area contributed by atoms with Crippen LogP contribution in [0, 0.1) is 6.92 Å². The lowest BCUT2D eigenvalue weighted by Crippen LogP contribution is -2.50. The van der Waals surface area contributed by atoms with Crippen molar-refractivity contribution in [3.8, 4) is 0 Å². The minimum Gasteiger partial charge on any atom is -0.397 e. The monoisotopic (exact) mass is 305 g/mol. The molecule has 5 nitrogen and oxygen atoms in total. The minimum absolute atomic E-state index is 0.0162. The van der Waals surface area contributed by atoms with Crippen molar-refractivity contribution in [1.82, 2.24) is 9.88 Å². The molecule has 21 heavy (non-hydrogen) atoms. The number of carbonyl (C=O) groups excluding carboxylic acids is 1. The summed E-state index contributed by atoms with van der Waals surface area (Å²) in [6, 6.07) is 1.98. The molecule has 0 aliphatic carbocycles. The zero-order valence-corrected chi connectivity index (χ0v) is 13.2. The minimum atomic E-state index is -0.0162. The van der Waals surface area contributed by atoms with E-state index in [1.54, 1.807) is 6.20 Å². The molecule has 2 N–H and O–H groups in total. The number of morpholine rings is 1. The fraction of sp³-hybridized carbons (Fsp3) is 0.467. The van der Waals surface area contributed by atoms with E-state index >= 15 is 0 Å². The van der Waals surface area contributed by atoms with Gasteiger partial charge in [-0.2, -0.15) is 0 Å². The smallest absolute Gasteiger partial charge is 0.266 e. The second-order valence-electron chi connectivity index (χ2n) is 5.60. The summed E-state index contributed by atoms with van der Waals surface area (Å²) in [6.45, 7) is 7.12. The number of ether oxygens (including phenoxy) is 1. The summed E-state index contributed by atoms with van der Waals surface area (Å²) < 4.78 is 5.58. The molecule has 0 aromatic carbocycles. The van der Waals surface area contributed by atoms with Gasteiger partial charge in [-0.05, 0) is 32.4 Å². The summed E-state index contributed by atoms with van der Waals surface area (Å²) in [6.07, 6.45) is 1.81. The summed E-state index contributed by atoms with van der Waals surface area (Å²) in [5, 5.41) is 0.903. The van der Waals surface area contributed by atoms with Crippen LogP contribution < -0.4 is 5.73 Å². The molecule has 3 heterocycles. The first kappa shape index (κ1) is 14.3. The Labute approximate surface area is 127 Å². The zero-order valence-electron chi connectivity index (χ0n) is 12.4. The number of aromatic nitrogens is 1. The Hall–Kier alpha value is -1.66. The Morgan fingerprint density at radius 3 is 3.00 bits per heavy atom. The van der Waals surface area contributed by atoms with Gasteiger partial charge in [0.05, 0.1) is 24.4 Å². The van der Waals surface area contributed by atoms with Crippen LogP contribution in [-0.4, -0.2) is 41.1 Å². The van der Waals surface area contributed by atoms with Crippen LogP contribution in [0.25, 0.3) is 10.2 Å². The van der Waals surface area contributed by atoms with E-state index in [0.29, 0.717) is 23.7 Å². The molecule has 1 aliphatic heterocycles. The molecule has 0 bridgehead atoms. The van der Waals surface area contributed by atoms with Gasteiger partial charge in [-0.1, -0.05) is 0 Å². The lowest BCUT2D eigenvalue weighted by molar-refractivity contribution is -0.0385. The van der Waals surface area contributed by atoms with Gasteiger partial charge in [-0.15, -0.1) is 11.3 Å². The van der Waals surface area contributed by atoms with E-state index in [1.807, 2.05) is 31.7 Å². The lowest BCUT2D eigenvalue weighted by Gasteiger charge is -2.36. The number of fused-ring (bicyclic) bond motifs is 1. The van der Waals surface area contributed by atoms with Crippen LogP contribution in [0.3, 0.4) is 0 Å². The van der Waals surface area contributed by atoms with E-state index in [2.05, 4.69) is 4.98 Å². The van der Waals surface area contributed by atoms with Crippen LogP contribution in [0.15, 0.2) is 12.3 Å². The number of anilines is 1. The Kier molecular flexibility index (Phi) is 3.59. The average Bonchev–Trinajstić information content (AvgIpc) is 2.79. The second-order valence-corrected chi connectivity index (χ2v) is 6.60. The van der Waals surface area contributed by atoms with Crippen molar-refractivity contribution in [3.05, 3.63) is 22.7 Å². The molecule has 1 saturated heterocycles. The first-order valence-electron chi connectivity index (χ1n) is 7.05. The van der Waals surface area contributed by atoms with Gasteiger partial charge in [0.2, 0.25) is 0 Å². The van der Waals surface area contributed by atoms with Gasteiger partial charge >= 0.3 is 0 Å². The van der Waals surface area contributed by atoms with Crippen LogP contribution in [0.4, 0.5) is 5.69 Å². The first-order valence-corrected chi connectivity index (χ1v) is 7.86. The summed E-state index contributed by atoms with van der Waals surface area (Å²) >= 11 is 1.37. The molecule has 1 aliphatic rings. The Morgan fingerprint density at radius 1 is 1.52 bits per heavy atom. The quantitative estimate of drug-likeness (QED) is 0.878. The molecule has 2 aromatic rings. The second kappa shape index (κ2) is 5.27. The zero-order chi connectivity index (χ0) is 15.1. The molecule has 3 rings (SSSR count). The predicted molar refractivity (Wildman–Crippen MR) is 84.7 cm³/mol. The third kappa shape index (κ3) is 2.38. The summed E-state index contributed by atoms with van der Waals surface area (Å²) in [5.74, 6) is -0.0162. The van der Waals surface area contributed by atoms with Crippen LogP contribution >= 0.6 is 11.3 Å². The molecule has 2 aromatic heterocycles. The first-order chi connectivity index (χ1) is 9.99. The molecule has 1 fully saturated rings. The maximum absolute atomic E-state index is 12.8. The number of thiophene rings is 1. The van der Waals surface area contributed by atoms with Crippen LogP contribution in [-0.2, 0) is 4.74 Å². The predicted octanol–water partition coefficient (Wildman–Crippen LogP) is 2.44. The van der Waals surface area contributed by atoms with Crippen LogP contribution in [0.1, 0.15) is 29.1 Å². The van der Waals surface area contributed by atoms with E-state index in [9.17, 15) is 4.79 Å². The van der Waals surface area contributed by atoms with E-state index in [-0.39, 0.29) is 18.1 Å². The third-order valence-corrected chi connectivity index (χ3v) is 5.00. The largest absolute Gasteiger partial charge is 0.397 e. The van der Waals surface area contributed by atoms with Crippen LogP contribution in [0.5, 0.6) is 0 Å². The van der Waals surface area contributed by atoms with Gasteiger partial charge in [-0.3, -0.25) is 4.79 Å². The molecule has 6 heteroatoms. The number of aryl methyl sites for hydroxylation is 1. The maximum Gasteiger partial charge on any atom is 0.266 e. The highest BCUT2D eigenvalue weighted by molar-refractivity contribution is 7.21. The van der Waals surface area contributed by atoms with Crippen molar-refractivity contribution in [1.29, 1.82) is 0 Å². The molecule has 2 unspecified atom stereocenters.